The molecule has 0 amide bonds. The van der Waals surface area contributed by atoms with Gasteiger partial charge in [0.15, 0.2) is 0 Å². The molecule has 0 aliphatic heterocycles. The molecule has 1 aromatic heterocycles. The van der Waals surface area contributed by atoms with E-state index in [1.54, 1.807) is 57.6 Å². The predicted molar refractivity (Wildman–Crippen MR) is 107 cm³/mol. The van der Waals surface area contributed by atoms with Gasteiger partial charge in [0.1, 0.15) is 5.75 Å². The molecule has 0 aliphatic rings. The number of sulfonamides is 1. The molecule has 0 saturated carbocycles. The molecule has 140 valence electrons. The maximum atomic E-state index is 12.9. The van der Waals surface area contributed by atoms with Crippen molar-refractivity contribution in [2.24, 2.45) is 0 Å². The topological polar surface area (TPSA) is 68.3 Å². The number of pyridine rings is 1. The minimum Gasteiger partial charge on any atom is -0.497 e. The zero-order valence-electron chi connectivity index (χ0n) is 15.6. The van der Waals surface area contributed by atoms with Gasteiger partial charge in [-0.15, -0.1) is 0 Å². The van der Waals surface area contributed by atoms with Crippen LogP contribution in [0.25, 0.3) is 0 Å². The van der Waals surface area contributed by atoms with E-state index in [0.717, 1.165) is 17.5 Å². The molecule has 0 bridgehead atoms. The zero-order valence-corrected chi connectivity index (χ0v) is 16.4. The van der Waals surface area contributed by atoms with Crippen LogP contribution >= 0.6 is 0 Å². The molecule has 5 nitrogen and oxygen atoms in total. The molecule has 0 aliphatic carbocycles. The Bertz CT molecular complexity index is 1010. The molecule has 1 N–H and O–H groups in total. The molecule has 3 rings (SSSR count). The average molecular weight is 382 g/mol. The first-order valence-corrected chi connectivity index (χ1v) is 10.0. The molecular formula is C21H22N2O3S. The molecule has 0 atom stereocenters. The first-order chi connectivity index (χ1) is 12.9. The van der Waals surface area contributed by atoms with Crippen molar-refractivity contribution in [3.63, 3.8) is 0 Å². The smallest absolute Gasteiger partial charge is 0.262 e. The van der Waals surface area contributed by atoms with Crippen LogP contribution < -0.4 is 9.46 Å². The summed E-state index contributed by atoms with van der Waals surface area (Å²) in [5, 5.41) is 0. The Hall–Kier alpha value is -2.86. The van der Waals surface area contributed by atoms with Crippen LogP contribution in [0.15, 0.2) is 65.8 Å². The van der Waals surface area contributed by atoms with E-state index in [1.165, 1.54) is 0 Å². The Kier molecular flexibility index (Phi) is 5.46. The number of nitrogens with zero attached hydrogens (tertiary/aromatic N) is 1. The first-order valence-electron chi connectivity index (χ1n) is 8.55. The Labute approximate surface area is 160 Å². The van der Waals surface area contributed by atoms with E-state index >= 15 is 0 Å². The second-order valence-corrected chi connectivity index (χ2v) is 8.04. The predicted octanol–water partition coefficient (Wildman–Crippen LogP) is 4.10. The van der Waals surface area contributed by atoms with Crippen molar-refractivity contribution in [1.82, 2.24) is 4.98 Å². The largest absolute Gasteiger partial charge is 0.497 e. The number of nitrogens with one attached hydrogen (secondary N) is 1. The van der Waals surface area contributed by atoms with Crippen molar-refractivity contribution in [2.45, 2.75) is 25.2 Å². The van der Waals surface area contributed by atoms with Crippen LogP contribution in [0.3, 0.4) is 0 Å². The van der Waals surface area contributed by atoms with Crippen LogP contribution in [0.1, 0.15) is 22.3 Å². The molecule has 0 saturated heterocycles. The second kappa shape index (κ2) is 7.80. The van der Waals surface area contributed by atoms with Crippen LogP contribution in [0.4, 0.5) is 5.69 Å². The molecule has 3 aromatic rings. The fraction of sp³-hybridized carbons (Fsp3) is 0.190. The first kappa shape index (κ1) is 18.9. The van der Waals surface area contributed by atoms with Crippen molar-refractivity contribution in [2.75, 3.05) is 11.8 Å². The monoisotopic (exact) mass is 382 g/mol. The number of hydrogen-bond donors (Lipinski definition) is 1. The minimum atomic E-state index is -3.69. The van der Waals surface area contributed by atoms with Gasteiger partial charge in [0.2, 0.25) is 0 Å². The summed E-state index contributed by atoms with van der Waals surface area (Å²) < 4.78 is 33.6. The standard InChI is InChI=1S/C21H22N2O3S/c1-15-12-20(26-3)13-16(2)21(15)27(24,25)23-19-6-4-17(5-7-19)14-18-8-10-22-11-9-18/h4-13,23H,14H2,1-3H3. The number of aryl methyl sites for hydroxylation is 2. The quantitative estimate of drug-likeness (QED) is 0.697. The SMILES string of the molecule is COc1cc(C)c(S(=O)(=O)Nc2ccc(Cc3ccncc3)cc2)c(C)c1. The van der Waals surface area contributed by atoms with Gasteiger partial charge in [0.25, 0.3) is 10.0 Å². The van der Waals surface area contributed by atoms with E-state index in [-0.39, 0.29) is 4.90 Å². The number of anilines is 1. The lowest BCUT2D eigenvalue weighted by Gasteiger charge is -2.14. The van der Waals surface area contributed by atoms with E-state index in [4.69, 9.17) is 4.74 Å². The Morgan fingerprint density at radius 2 is 1.48 bits per heavy atom. The van der Waals surface area contributed by atoms with Crippen LogP contribution in [-0.2, 0) is 16.4 Å². The number of benzene rings is 2. The average Bonchev–Trinajstić information content (AvgIpc) is 2.63. The van der Waals surface area contributed by atoms with Crippen LogP contribution in [0.5, 0.6) is 5.75 Å². The normalized spacial score (nSPS) is 11.2. The molecular weight excluding hydrogens is 360 g/mol. The summed E-state index contributed by atoms with van der Waals surface area (Å²) in [6.45, 7) is 3.53. The van der Waals surface area contributed by atoms with Gasteiger partial charge in [-0.3, -0.25) is 9.71 Å². The van der Waals surface area contributed by atoms with Crippen molar-refractivity contribution < 1.29 is 13.2 Å². The lowest BCUT2D eigenvalue weighted by Crippen LogP contribution is -2.16. The molecule has 0 unspecified atom stereocenters. The summed E-state index contributed by atoms with van der Waals surface area (Å²) >= 11 is 0. The number of rotatable bonds is 6. The van der Waals surface area contributed by atoms with Crippen LogP contribution in [0, 0.1) is 13.8 Å². The molecule has 0 spiro atoms. The molecule has 0 fully saturated rings. The van der Waals surface area contributed by atoms with Crippen molar-refractivity contribution in [3.8, 4) is 5.75 Å². The third-order valence-corrected chi connectivity index (χ3v) is 5.99. The van der Waals surface area contributed by atoms with Crippen molar-refractivity contribution in [3.05, 3.63) is 83.2 Å². The summed E-state index contributed by atoms with van der Waals surface area (Å²) in [7, 11) is -2.12. The van der Waals surface area contributed by atoms with Gasteiger partial charge < -0.3 is 4.74 Å². The van der Waals surface area contributed by atoms with Gasteiger partial charge in [-0.1, -0.05) is 12.1 Å². The maximum absolute atomic E-state index is 12.9. The highest BCUT2D eigenvalue weighted by Crippen LogP contribution is 2.27. The maximum Gasteiger partial charge on any atom is 0.262 e. The highest BCUT2D eigenvalue weighted by molar-refractivity contribution is 7.92. The fourth-order valence-corrected chi connectivity index (χ4v) is 4.60. The summed E-state index contributed by atoms with van der Waals surface area (Å²) in [4.78, 5) is 4.29. The second-order valence-electron chi connectivity index (χ2n) is 6.42. The highest BCUT2D eigenvalue weighted by Gasteiger charge is 2.20. The van der Waals surface area contributed by atoms with E-state index in [2.05, 4.69) is 9.71 Å². The number of aromatic nitrogens is 1. The minimum absolute atomic E-state index is 0.282. The summed E-state index contributed by atoms with van der Waals surface area (Å²) in [6.07, 6.45) is 4.29. The van der Waals surface area contributed by atoms with Gasteiger partial charge in [0, 0.05) is 18.1 Å². The summed E-state index contributed by atoms with van der Waals surface area (Å²) in [5.74, 6) is 0.643. The van der Waals surface area contributed by atoms with Crippen molar-refractivity contribution in [1.29, 1.82) is 0 Å². The van der Waals surface area contributed by atoms with Gasteiger partial charge in [-0.25, -0.2) is 8.42 Å². The zero-order chi connectivity index (χ0) is 19.4. The van der Waals surface area contributed by atoms with Gasteiger partial charge >= 0.3 is 0 Å². The number of hydrogen-bond acceptors (Lipinski definition) is 4. The summed E-state index contributed by atoms with van der Waals surface area (Å²) in [5.41, 5.74) is 4.08. The van der Waals surface area contributed by atoms with Crippen LogP contribution in [0.2, 0.25) is 0 Å². The van der Waals surface area contributed by atoms with Gasteiger partial charge in [0.05, 0.1) is 12.0 Å². The molecule has 2 aromatic carbocycles. The van der Waals surface area contributed by atoms with Gasteiger partial charge in [-0.05, 0) is 78.9 Å². The Balaban J connectivity index is 1.80. The molecule has 27 heavy (non-hydrogen) atoms. The van der Waals surface area contributed by atoms with Crippen molar-refractivity contribution >= 4 is 15.7 Å². The lowest BCUT2D eigenvalue weighted by molar-refractivity contribution is 0.413. The lowest BCUT2D eigenvalue weighted by atomic mass is 10.1. The third kappa shape index (κ3) is 4.46. The van der Waals surface area contributed by atoms with E-state index in [0.29, 0.717) is 22.6 Å². The molecule has 1 heterocycles. The fourth-order valence-electron chi connectivity index (χ4n) is 3.09. The van der Waals surface area contributed by atoms with E-state index < -0.39 is 10.0 Å². The van der Waals surface area contributed by atoms with Gasteiger partial charge in [-0.2, -0.15) is 0 Å². The van der Waals surface area contributed by atoms with E-state index in [9.17, 15) is 8.42 Å². The number of ether oxygens (including phenoxy) is 1. The number of methoxy groups -OCH3 is 1. The Morgan fingerprint density at radius 3 is 2.04 bits per heavy atom. The third-order valence-electron chi connectivity index (χ3n) is 4.30. The highest BCUT2D eigenvalue weighted by atomic mass is 32.2. The Morgan fingerprint density at radius 1 is 0.926 bits per heavy atom. The summed E-state index contributed by atoms with van der Waals surface area (Å²) in [6, 6.07) is 14.8. The van der Waals surface area contributed by atoms with Crippen LogP contribution in [-0.4, -0.2) is 20.5 Å². The molecule has 6 heteroatoms. The molecule has 0 radical (unpaired) electrons. The van der Waals surface area contributed by atoms with E-state index in [1.807, 2.05) is 24.3 Å².